The number of nitrogens with zero attached hydrogens (tertiary/aromatic N) is 1. The first-order valence-corrected chi connectivity index (χ1v) is 6.16. The molecule has 1 aromatic heterocycles. The van der Waals surface area contributed by atoms with E-state index in [9.17, 15) is 13.2 Å². The van der Waals surface area contributed by atoms with E-state index in [4.69, 9.17) is 16.3 Å². The van der Waals surface area contributed by atoms with E-state index < -0.39 is 11.7 Å². The van der Waals surface area contributed by atoms with Crippen molar-refractivity contribution < 1.29 is 17.9 Å². The Labute approximate surface area is 119 Å². The highest BCUT2D eigenvalue weighted by molar-refractivity contribution is 6.31. The number of pyridine rings is 1. The maximum absolute atomic E-state index is 12.7. The zero-order valence-corrected chi connectivity index (χ0v) is 11.3. The van der Waals surface area contributed by atoms with Crippen molar-refractivity contribution >= 4 is 11.6 Å². The van der Waals surface area contributed by atoms with E-state index in [0.29, 0.717) is 10.6 Å². The van der Waals surface area contributed by atoms with Gasteiger partial charge in [0.05, 0.1) is 5.56 Å². The third kappa shape index (κ3) is 3.63. The summed E-state index contributed by atoms with van der Waals surface area (Å²) in [6.45, 7) is 1.55. The number of benzene rings is 1. The number of hydrogen-bond donors (Lipinski definition) is 0. The largest absolute Gasteiger partial charge is 0.473 e. The summed E-state index contributed by atoms with van der Waals surface area (Å²) in [5.74, 6) is -0.0720. The fourth-order valence-corrected chi connectivity index (χ4v) is 1.83. The normalized spacial score (nSPS) is 11.4. The van der Waals surface area contributed by atoms with Crippen LogP contribution in [-0.4, -0.2) is 4.98 Å². The number of halogens is 4. The van der Waals surface area contributed by atoms with Gasteiger partial charge in [-0.1, -0.05) is 29.8 Å². The number of aromatic nitrogens is 1. The molecule has 1 aromatic carbocycles. The maximum atomic E-state index is 12.7. The summed E-state index contributed by atoms with van der Waals surface area (Å²) >= 11 is 5.95. The van der Waals surface area contributed by atoms with Crippen LogP contribution in [0.5, 0.6) is 5.88 Å². The molecule has 0 aliphatic carbocycles. The minimum Gasteiger partial charge on any atom is -0.473 e. The van der Waals surface area contributed by atoms with Crippen LogP contribution < -0.4 is 4.74 Å². The van der Waals surface area contributed by atoms with Crippen LogP contribution in [0, 0.1) is 6.92 Å². The van der Waals surface area contributed by atoms with E-state index >= 15 is 0 Å². The Morgan fingerprint density at radius 3 is 2.55 bits per heavy atom. The summed E-state index contributed by atoms with van der Waals surface area (Å²) in [6.07, 6.45) is -4.42. The van der Waals surface area contributed by atoms with Gasteiger partial charge in [-0.25, -0.2) is 4.98 Å². The number of hydrogen-bond acceptors (Lipinski definition) is 2. The number of ether oxygens (including phenoxy) is 1. The van der Waals surface area contributed by atoms with E-state index in [1.165, 1.54) is 6.92 Å². The van der Waals surface area contributed by atoms with Crippen molar-refractivity contribution in [2.24, 2.45) is 0 Å². The van der Waals surface area contributed by atoms with E-state index in [-0.39, 0.29) is 18.2 Å². The van der Waals surface area contributed by atoms with Gasteiger partial charge >= 0.3 is 6.18 Å². The van der Waals surface area contributed by atoms with Crippen molar-refractivity contribution in [3.8, 4) is 5.88 Å². The van der Waals surface area contributed by atoms with Crippen LogP contribution in [0.25, 0.3) is 0 Å². The van der Waals surface area contributed by atoms with Crippen molar-refractivity contribution in [2.45, 2.75) is 19.7 Å². The van der Waals surface area contributed by atoms with Crippen LogP contribution >= 0.6 is 11.6 Å². The molecule has 0 saturated carbocycles. The molecule has 0 fully saturated rings. The molecular formula is C14H11ClF3NO. The first-order valence-electron chi connectivity index (χ1n) is 5.78. The van der Waals surface area contributed by atoms with Crippen LogP contribution in [0.3, 0.4) is 0 Å². The number of aryl methyl sites for hydroxylation is 1. The third-order valence-corrected chi connectivity index (χ3v) is 2.96. The Hall–Kier alpha value is -1.75. The van der Waals surface area contributed by atoms with Crippen molar-refractivity contribution in [1.29, 1.82) is 0 Å². The summed E-state index contributed by atoms with van der Waals surface area (Å²) in [4.78, 5) is 3.93. The van der Waals surface area contributed by atoms with Gasteiger partial charge in [0.25, 0.3) is 0 Å². The fraction of sp³-hybridized carbons (Fsp3) is 0.214. The Morgan fingerprint density at radius 1 is 1.20 bits per heavy atom. The monoisotopic (exact) mass is 301 g/mol. The summed E-state index contributed by atoms with van der Waals surface area (Å²) in [5, 5.41) is 0.496. The summed E-state index contributed by atoms with van der Waals surface area (Å²) in [6, 6.07) is 8.81. The standard InChI is InChI=1S/C14H11ClF3NO/c1-9-6-11(14(16,17)18)7-13(19-9)20-8-10-4-2-3-5-12(10)15/h2-7H,8H2,1H3. The first kappa shape index (κ1) is 14.7. The minimum atomic E-state index is -4.42. The molecule has 20 heavy (non-hydrogen) atoms. The van der Waals surface area contributed by atoms with Gasteiger partial charge in [0.2, 0.25) is 5.88 Å². The molecule has 0 spiro atoms. The van der Waals surface area contributed by atoms with Crippen LogP contribution in [0.4, 0.5) is 13.2 Å². The lowest BCUT2D eigenvalue weighted by Gasteiger charge is -2.11. The lowest BCUT2D eigenvalue weighted by Crippen LogP contribution is -2.07. The number of rotatable bonds is 3. The second-order valence-electron chi connectivity index (χ2n) is 4.21. The second-order valence-corrected chi connectivity index (χ2v) is 4.62. The molecule has 0 amide bonds. The highest BCUT2D eigenvalue weighted by Gasteiger charge is 2.31. The Morgan fingerprint density at radius 2 is 1.90 bits per heavy atom. The van der Waals surface area contributed by atoms with Crippen LogP contribution in [-0.2, 0) is 12.8 Å². The van der Waals surface area contributed by atoms with Gasteiger partial charge in [0.15, 0.2) is 0 Å². The van der Waals surface area contributed by atoms with Gasteiger partial charge in [-0.3, -0.25) is 0 Å². The average molecular weight is 302 g/mol. The molecular weight excluding hydrogens is 291 g/mol. The smallest absolute Gasteiger partial charge is 0.416 e. The van der Waals surface area contributed by atoms with Crippen LogP contribution in [0.1, 0.15) is 16.8 Å². The Balaban J connectivity index is 2.18. The first-order chi connectivity index (χ1) is 9.36. The molecule has 106 valence electrons. The van der Waals surface area contributed by atoms with E-state index in [0.717, 1.165) is 12.1 Å². The molecule has 6 heteroatoms. The van der Waals surface area contributed by atoms with Gasteiger partial charge in [-0.2, -0.15) is 13.2 Å². The maximum Gasteiger partial charge on any atom is 0.416 e. The predicted octanol–water partition coefficient (Wildman–Crippen LogP) is 4.64. The molecule has 0 atom stereocenters. The minimum absolute atomic E-state index is 0.0629. The molecule has 2 nitrogen and oxygen atoms in total. The van der Waals surface area contributed by atoms with E-state index in [1.54, 1.807) is 24.3 Å². The lowest BCUT2D eigenvalue weighted by molar-refractivity contribution is -0.137. The topological polar surface area (TPSA) is 22.1 Å². The molecule has 0 N–H and O–H groups in total. The quantitative estimate of drug-likeness (QED) is 0.824. The molecule has 2 aromatic rings. The van der Waals surface area contributed by atoms with Crippen LogP contribution in [0.2, 0.25) is 5.02 Å². The second kappa shape index (κ2) is 5.71. The molecule has 0 aliphatic rings. The predicted molar refractivity (Wildman–Crippen MR) is 69.8 cm³/mol. The lowest BCUT2D eigenvalue weighted by atomic mass is 10.2. The van der Waals surface area contributed by atoms with E-state index in [2.05, 4.69) is 4.98 Å². The fourth-order valence-electron chi connectivity index (χ4n) is 1.64. The van der Waals surface area contributed by atoms with Gasteiger partial charge in [-0.05, 0) is 19.1 Å². The van der Waals surface area contributed by atoms with Gasteiger partial charge in [0.1, 0.15) is 6.61 Å². The van der Waals surface area contributed by atoms with Crippen molar-refractivity contribution in [3.63, 3.8) is 0 Å². The molecule has 0 saturated heterocycles. The van der Waals surface area contributed by atoms with Gasteiger partial charge in [-0.15, -0.1) is 0 Å². The summed E-state index contributed by atoms with van der Waals surface area (Å²) < 4.78 is 43.3. The zero-order chi connectivity index (χ0) is 14.8. The van der Waals surface area contributed by atoms with Crippen molar-refractivity contribution in [1.82, 2.24) is 4.98 Å². The summed E-state index contributed by atoms with van der Waals surface area (Å²) in [5.41, 5.74) is 0.152. The Bertz CT molecular complexity index is 614. The van der Waals surface area contributed by atoms with Crippen molar-refractivity contribution in [2.75, 3.05) is 0 Å². The van der Waals surface area contributed by atoms with Gasteiger partial charge in [0, 0.05) is 22.3 Å². The molecule has 0 aliphatic heterocycles. The third-order valence-electron chi connectivity index (χ3n) is 2.59. The molecule has 1 heterocycles. The molecule has 0 unspecified atom stereocenters. The highest BCUT2D eigenvalue weighted by Crippen LogP contribution is 2.31. The van der Waals surface area contributed by atoms with Crippen molar-refractivity contribution in [3.05, 3.63) is 58.2 Å². The number of alkyl halides is 3. The molecule has 2 rings (SSSR count). The Kier molecular flexibility index (Phi) is 4.18. The van der Waals surface area contributed by atoms with E-state index in [1.807, 2.05) is 0 Å². The van der Waals surface area contributed by atoms with Gasteiger partial charge < -0.3 is 4.74 Å². The zero-order valence-electron chi connectivity index (χ0n) is 10.5. The highest BCUT2D eigenvalue weighted by atomic mass is 35.5. The molecule has 0 radical (unpaired) electrons. The summed E-state index contributed by atoms with van der Waals surface area (Å²) in [7, 11) is 0. The molecule has 0 bridgehead atoms. The SMILES string of the molecule is Cc1cc(C(F)(F)F)cc(OCc2ccccc2Cl)n1. The average Bonchev–Trinajstić information content (AvgIpc) is 2.36. The van der Waals surface area contributed by atoms with Crippen LogP contribution in [0.15, 0.2) is 36.4 Å².